The van der Waals surface area contributed by atoms with Crippen LogP contribution in [-0.4, -0.2) is 30.1 Å². The number of aromatic nitrogens is 1. The Kier molecular flexibility index (Phi) is 5.94. The molecule has 1 fully saturated rings. The van der Waals surface area contributed by atoms with E-state index < -0.39 is 0 Å². The number of hydrogen-bond donors (Lipinski definition) is 0. The Labute approximate surface area is 192 Å². The maximum Gasteiger partial charge on any atom is 0.233 e. The second-order valence-corrected chi connectivity index (χ2v) is 9.81. The Hall–Kier alpha value is -2.76. The first-order valence-electron chi connectivity index (χ1n) is 11.4. The second kappa shape index (κ2) is 9.00. The molecular weight excluding hydrogens is 416 g/mol. The summed E-state index contributed by atoms with van der Waals surface area (Å²) in [4.78, 5) is 20.5. The van der Waals surface area contributed by atoms with Gasteiger partial charge in [-0.15, -0.1) is 0 Å². The molecule has 0 spiro atoms. The van der Waals surface area contributed by atoms with Crippen molar-refractivity contribution in [2.45, 2.75) is 45.1 Å². The molecule has 1 aliphatic rings. The van der Waals surface area contributed by atoms with Gasteiger partial charge in [0, 0.05) is 6.61 Å². The lowest BCUT2D eigenvalue weighted by atomic mass is 10.0. The molecule has 1 unspecified atom stereocenters. The molecule has 32 heavy (non-hydrogen) atoms. The normalized spacial score (nSPS) is 16.3. The number of rotatable bonds is 6. The van der Waals surface area contributed by atoms with E-state index in [-0.39, 0.29) is 12.0 Å². The number of thiazole rings is 1. The monoisotopic (exact) mass is 444 g/mol. The molecule has 1 aliphatic heterocycles. The summed E-state index contributed by atoms with van der Waals surface area (Å²) in [6, 6.07) is 20.7. The fraction of sp³-hybridized carbons (Fsp3) is 0.333. The molecule has 5 rings (SSSR count). The number of carbonyl (C=O) groups is 1. The molecule has 5 heteroatoms. The van der Waals surface area contributed by atoms with Crippen LogP contribution in [0, 0.1) is 0 Å². The summed E-state index contributed by atoms with van der Waals surface area (Å²) in [5, 5.41) is 3.06. The maximum atomic E-state index is 13.7. The van der Waals surface area contributed by atoms with E-state index in [1.807, 2.05) is 23.1 Å². The number of anilines is 1. The van der Waals surface area contributed by atoms with Crippen molar-refractivity contribution in [3.63, 3.8) is 0 Å². The molecule has 0 N–H and O–H groups in total. The first kappa shape index (κ1) is 21.1. The molecule has 2 heterocycles. The molecule has 4 nitrogen and oxygen atoms in total. The zero-order valence-corrected chi connectivity index (χ0v) is 19.4. The molecule has 0 saturated carbocycles. The van der Waals surface area contributed by atoms with Crippen molar-refractivity contribution in [1.82, 2.24) is 4.98 Å². The molecule has 1 amide bonds. The van der Waals surface area contributed by atoms with Crippen molar-refractivity contribution in [3.8, 4) is 0 Å². The lowest BCUT2D eigenvalue weighted by Crippen LogP contribution is -2.38. The highest BCUT2D eigenvalue weighted by Crippen LogP contribution is 2.34. The van der Waals surface area contributed by atoms with Crippen molar-refractivity contribution < 1.29 is 9.53 Å². The summed E-state index contributed by atoms with van der Waals surface area (Å²) in [7, 11) is 0. The topological polar surface area (TPSA) is 42.4 Å². The van der Waals surface area contributed by atoms with E-state index in [0.29, 0.717) is 18.9 Å². The van der Waals surface area contributed by atoms with E-state index in [2.05, 4.69) is 56.3 Å². The Balaban J connectivity index is 1.51. The van der Waals surface area contributed by atoms with Gasteiger partial charge in [0.2, 0.25) is 5.91 Å². The van der Waals surface area contributed by atoms with E-state index in [0.717, 1.165) is 51.1 Å². The Morgan fingerprint density at radius 1 is 1.12 bits per heavy atom. The first-order valence-corrected chi connectivity index (χ1v) is 12.2. The van der Waals surface area contributed by atoms with Crippen LogP contribution in [0.4, 0.5) is 5.13 Å². The lowest BCUT2D eigenvalue weighted by Gasteiger charge is -2.23. The molecule has 164 valence electrons. The van der Waals surface area contributed by atoms with E-state index in [9.17, 15) is 4.79 Å². The average Bonchev–Trinajstić information content (AvgIpc) is 3.47. The maximum absolute atomic E-state index is 13.7. The van der Waals surface area contributed by atoms with Gasteiger partial charge < -0.3 is 4.74 Å². The highest BCUT2D eigenvalue weighted by atomic mass is 32.1. The first-order chi connectivity index (χ1) is 15.6. The summed E-state index contributed by atoms with van der Waals surface area (Å²) in [5.41, 5.74) is 3.29. The van der Waals surface area contributed by atoms with Crippen molar-refractivity contribution in [3.05, 3.63) is 71.8 Å². The van der Waals surface area contributed by atoms with Crippen LogP contribution in [0.1, 0.15) is 43.7 Å². The number of para-hydroxylation sites is 1. The molecule has 1 saturated heterocycles. The predicted molar refractivity (Wildman–Crippen MR) is 133 cm³/mol. The van der Waals surface area contributed by atoms with Crippen LogP contribution in [0.15, 0.2) is 60.7 Å². The minimum Gasteiger partial charge on any atom is -0.376 e. The summed E-state index contributed by atoms with van der Waals surface area (Å²) in [6.07, 6.45) is 2.46. The van der Waals surface area contributed by atoms with Gasteiger partial charge in [0.1, 0.15) is 0 Å². The quantitative estimate of drug-likeness (QED) is 0.349. The molecule has 4 aromatic rings. The SMILES string of the molecule is CC(C)c1cccc2sc(N(CC3CCCO3)C(=O)Cc3cccc4ccccc34)nc12. The molecule has 3 aromatic carbocycles. The van der Waals surface area contributed by atoms with Crippen LogP contribution in [0.5, 0.6) is 0 Å². The van der Waals surface area contributed by atoms with E-state index in [1.165, 1.54) is 5.56 Å². The average molecular weight is 445 g/mol. The van der Waals surface area contributed by atoms with Crippen LogP contribution in [-0.2, 0) is 16.0 Å². The minimum atomic E-state index is 0.0713. The zero-order valence-electron chi connectivity index (χ0n) is 18.6. The van der Waals surface area contributed by atoms with E-state index in [4.69, 9.17) is 9.72 Å². The standard InChI is InChI=1S/C27H28N2O2S/c1-18(2)22-13-6-14-24-26(22)28-27(32-24)29(17-21-11-7-15-31-21)25(30)16-20-10-5-9-19-8-3-4-12-23(19)20/h3-6,8-10,12-14,18,21H,7,11,15-17H2,1-2H3. The predicted octanol–water partition coefficient (Wildman–Crippen LogP) is 6.33. The van der Waals surface area contributed by atoms with E-state index >= 15 is 0 Å². The fourth-order valence-corrected chi connectivity index (χ4v) is 5.55. The minimum absolute atomic E-state index is 0.0713. The number of carbonyl (C=O) groups excluding carboxylic acids is 1. The number of nitrogens with zero attached hydrogens (tertiary/aromatic N) is 2. The van der Waals surface area contributed by atoms with Crippen molar-refractivity contribution in [2.75, 3.05) is 18.1 Å². The Morgan fingerprint density at radius 2 is 1.94 bits per heavy atom. The molecule has 0 aliphatic carbocycles. The molecule has 0 radical (unpaired) electrons. The highest BCUT2D eigenvalue weighted by molar-refractivity contribution is 7.22. The smallest absolute Gasteiger partial charge is 0.233 e. The largest absolute Gasteiger partial charge is 0.376 e. The van der Waals surface area contributed by atoms with Gasteiger partial charge >= 0.3 is 0 Å². The number of benzene rings is 3. The van der Waals surface area contributed by atoms with Crippen LogP contribution >= 0.6 is 11.3 Å². The summed E-state index contributed by atoms with van der Waals surface area (Å²) in [6.45, 7) is 5.70. The highest BCUT2D eigenvalue weighted by Gasteiger charge is 2.27. The third kappa shape index (κ3) is 4.15. The van der Waals surface area contributed by atoms with Gasteiger partial charge in [-0.05, 0) is 46.7 Å². The molecule has 1 aromatic heterocycles. The van der Waals surface area contributed by atoms with Crippen LogP contribution in [0.2, 0.25) is 0 Å². The van der Waals surface area contributed by atoms with Crippen LogP contribution in [0.25, 0.3) is 21.0 Å². The fourth-order valence-electron chi connectivity index (χ4n) is 4.52. The van der Waals surface area contributed by atoms with Crippen molar-refractivity contribution in [1.29, 1.82) is 0 Å². The zero-order chi connectivity index (χ0) is 22.1. The third-order valence-corrected chi connectivity index (χ3v) is 7.27. The van der Waals surface area contributed by atoms with E-state index in [1.54, 1.807) is 11.3 Å². The van der Waals surface area contributed by atoms with Gasteiger partial charge in [0.05, 0.1) is 29.3 Å². The van der Waals surface area contributed by atoms with Gasteiger partial charge in [-0.1, -0.05) is 79.8 Å². The van der Waals surface area contributed by atoms with Gasteiger partial charge in [-0.25, -0.2) is 4.98 Å². The van der Waals surface area contributed by atoms with Gasteiger partial charge in [0.15, 0.2) is 5.13 Å². The molecule has 0 bridgehead atoms. The molecular formula is C27H28N2O2S. The lowest BCUT2D eigenvalue weighted by molar-refractivity contribution is -0.118. The Morgan fingerprint density at radius 3 is 2.75 bits per heavy atom. The summed E-state index contributed by atoms with van der Waals surface area (Å²) in [5.74, 6) is 0.452. The van der Waals surface area contributed by atoms with Gasteiger partial charge in [0.25, 0.3) is 0 Å². The van der Waals surface area contributed by atoms with Crippen LogP contribution in [0.3, 0.4) is 0 Å². The number of ether oxygens (including phenoxy) is 1. The van der Waals surface area contributed by atoms with Gasteiger partial charge in [-0.2, -0.15) is 0 Å². The van der Waals surface area contributed by atoms with Crippen LogP contribution < -0.4 is 4.90 Å². The van der Waals surface area contributed by atoms with Gasteiger partial charge in [-0.3, -0.25) is 9.69 Å². The number of fused-ring (bicyclic) bond motifs is 2. The van der Waals surface area contributed by atoms with Crippen molar-refractivity contribution in [2.24, 2.45) is 0 Å². The third-order valence-electron chi connectivity index (χ3n) is 6.22. The molecule has 1 atom stereocenters. The number of amides is 1. The summed E-state index contributed by atoms with van der Waals surface area (Å²) < 4.78 is 7.02. The second-order valence-electron chi connectivity index (χ2n) is 8.80. The summed E-state index contributed by atoms with van der Waals surface area (Å²) >= 11 is 1.60. The van der Waals surface area contributed by atoms with Crippen molar-refractivity contribution >= 4 is 43.4 Å². The number of hydrogen-bond acceptors (Lipinski definition) is 4. The Bertz CT molecular complexity index is 1250.